The third-order valence-electron chi connectivity index (χ3n) is 1.30. The lowest BCUT2D eigenvalue weighted by atomic mass is 10.3. The first-order chi connectivity index (χ1) is 5.27. The maximum atomic E-state index is 10.8. The van der Waals surface area contributed by atoms with Crippen molar-refractivity contribution in [2.45, 2.75) is 0 Å². The van der Waals surface area contributed by atoms with Crippen LogP contribution < -0.4 is 5.56 Å². The number of aliphatic imine (C=N–C) groups is 1. The second-order valence-corrected chi connectivity index (χ2v) is 1.98. The number of nitrogens with zero attached hydrogens (tertiary/aromatic N) is 1. The van der Waals surface area contributed by atoms with Crippen molar-refractivity contribution in [3.8, 4) is 0 Å². The van der Waals surface area contributed by atoms with Gasteiger partial charge in [-0.2, -0.15) is 0 Å². The highest BCUT2D eigenvalue weighted by molar-refractivity contribution is 5.60. The predicted molar refractivity (Wildman–Crippen MR) is 46.4 cm³/mol. The molecule has 0 saturated carbocycles. The molecule has 0 bridgehead atoms. The van der Waals surface area contributed by atoms with Crippen LogP contribution in [0.1, 0.15) is 5.69 Å². The van der Waals surface area contributed by atoms with Gasteiger partial charge in [0.25, 0.3) is 0 Å². The van der Waals surface area contributed by atoms with E-state index in [1.165, 1.54) is 12.1 Å². The van der Waals surface area contributed by atoms with Gasteiger partial charge in [0.15, 0.2) is 0 Å². The molecule has 1 N–H and O–H groups in total. The number of hydrogen-bond acceptors (Lipinski definition) is 2. The SMILES string of the molecule is C=Cc1[nH]c(=O)ccc1N=C. The van der Waals surface area contributed by atoms with Crippen LogP contribution in [-0.4, -0.2) is 11.7 Å². The van der Waals surface area contributed by atoms with Crippen LogP contribution in [0.2, 0.25) is 0 Å². The monoisotopic (exact) mass is 148 g/mol. The zero-order valence-corrected chi connectivity index (χ0v) is 6.00. The van der Waals surface area contributed by atoms with Gasteiger partial charge in [-0.3, -0.25) is 9.79 Å². The Bertz CT molecular complexity index is 338. The van der Waals surface area contributed by atoms with Gasteiger partial charge in [0.05, 0.1) is 11.4 Å². The van der Waals surface area contributed by atoms with E-state index in [9.17, 15) is 4.79 Å². The van der Waals surface area contributed by atoms with Crippen LogP contribution in [0.3, 0.4) is 0 Å². The van der Waals surface area contributed by atoms with Crippen LogP contribution in [-0.2, 0) is 0 Å². The number of aromatic amines is 1. The summed E-state index contributed by atoms with van der Waals surface area (Å²) < 4.78 is 0. The highest BCUT2D eigenvalue weighted by Crippen LogP contribution is 2.13. The molecule has 1 aromatic rings. The maximum Gasteiger partial charge on any atom is 0.248 e. The Balaban J connectivity index is 3.38. The maximum absolute atomic E-state index is 10.8. The summed E-state index contributed by atoms with van der Waals surface area (Å²) in [6, 6.07) is 3.00. The van der Waals surface area contributed by atoms with E-state index >= 15 is 0 Å². The summed E-state index contributed by atoms with van der Waals surface area (Å²) in [6.45, 7) is 6.87. The molecule has 0 unspecified atom stereocenters. The van der Waals surface area contributed by atoms with Gasteiger partial charge in [0.2, 0.25) is 5.56 Å². The number of aromatic nitrogens is 1. The van der Waals surface area contributed by atoms with Crippen LogP contribution in [0.4, 0.5) is 5.69 Å². The summed E-state index contributed by atoms with van der Waals surface area (Å²) in [5, 5.41) is 0. The molecule has 0 saturated heterocycles. The zero-order valence-electron chi connectivity index (χ0n) is 6.00. The Morgan fingerprint density at radius 2 is 2.27 bits per heavy atom. The molecule has 0 fully saturated rings. The molecular formula is C8H8N2O. The van der Waals surface area contributed by atoms with E-state index in [-0.39, 0.29) is 5.56 Å². The summed E-state index contributed by atoms with van der Waals surface area (Å²) >= 11 is 0. The van der Waals surface area contributed by atoms with E-state index in [2.05, 4.69) is 23.3 Å². The van der Waals surface area contributed by atoms with Crippen molar-refractivity contribution in [2.24, 2.45) is 4.99 Å². The summed E-state index contributed by atoms with van der Waals surface area (Å²) in [5.41, 5.74) is 1.08. The minimum atomic E-state index is -0.160. The van der Waals surface area contributed by atoms with Gasteiger partial charge in [-0.1, -0.05) is 6.58 Å². The number of hydrogen-bond donors (Lipinski definition) is 1. The van der Waals surface area contributed by atoms with Gasteiger partial charge in [-0.05, 0) is 18.9 Å². The Labute approximate surface area is 64.1 Å². The molecule has 0 aliphatic heterocycles. The molecule has 0 spiro atoms. The van der Waals surface area contributed by atoms with E-state index in [0.717, 1.165) is 0 Å². The molecule has 11 heavy (non-hydrogen) atoms. The summed E-state index contributed by atoms with van der Waals surface area (Å²) in [7, 11) is 0. The molecule has 0 radical (unpaired) electrons. The largest absolute Gasteiger partial charge is 0.321 e. The fraction of sp³-hybridized carbons (Fsp3) is 0. The van der Waals surface area contributed by atoms with E-state index in [1.807, 2.05) is 0 Å². The first kappa shape index (κ1) is 7.47. The van der Waals surface area contributed by atoms with Crippen molar-refractivity contribution >= 4 is 18.5 Å². The smallest absolute Gasteiger partial charge is 0.248 e. The van der Waals surface area contributed by atoms with Crippen molar-refractivity contribution in [1.29, 1.82) is 0 Å². The molecule has 1 rings (SSSR count). The molecule has 0 amide bonds. The lowest BCUT2D eigenvalue weighted by Crippen LogP contribution is -2.03. The lowest BCUT2D eigenvalue weighted by molar-refractivity contribution is 1.21. The van der Waals surface area contributed by atoms with E-state index in [0.29, 0.717) is 11.4 Å². The second-order valence-electron chi connectivity index (χ2n) is 1.98. The zero-order chi connectivity index (χ0) is 8.27. The highest BCUT2D eigenvalue weighted by atomic mass is 16.1. The van der Waals surface area contributed by atoms with E-state index in [4.69, 9.17) is 0 Å². The molecule has 3 nitrogen and oxygen atoms in total. The molecule has 0 aliphatic carbocycles. The number of nitrogens with one attached hydrogen (secondary N) is 1. The molecule has 1 aromatic heterocycles. The summed E-state index contributed by atoms with van der Waals surface area (Å²) in [5.74, 6) is 0. The van der Waals surface area contributed by atoms with Crippen molar-refractivity contribution in [1.82, 2.24) is 4.98 Å². The van der Waals surface area contributed by atoms with Crippen LogP contribution >= 0.6 is 0 Å². The fourth-order valence-electron chi connectivity index (χ4n) is 0.776. The average Bonchev–Trinajstić information content (AvgIpc) is 2.04. The molecule has 3 heteroatoms. The molecule has 56 valence electrons. The van der Waals surface area contributed by atoms with Crippen LogP contribution in [0, 0.1) is 0 Å². The van der Waals surface area contributed by atoms with Gasteiger partial charge in [-0.25, -0.2) is 0 Å². The molecular weight excluding hydrogens is 140 g/mol. The molecule has 1 heterocycles. The van der Waals surface area contributed by atoms with Crippen molar-refractivity contribution < 1.29 is 0 Å². The van der Waals surface area contributed by atoms with Crippen LogP contribution in [0.5, 0.6) is 0 Å². The Kier molecular flexibility index (Phi) is 2.01. The van der Waals surface area contributed by atoms with Gasteiger partial charge < -0.3 is 4.98 Å². The van der Waals surface area contributed by atoms with Crippen LogP contribution in [0.25, 0.3) is 6.08 Å². The van der Waals surface area contributed by atoms with Gasteiger partial charge in [0.1, 0.15) is 0 Å². The summed E-state index contributed by atoms with van der Waals surface area (Å²) in [6.07, 6.45) is 1.53. The topological polar surface area (TPSA) is 45.2 Å². The number of rotatable bonds is 2. The number of H-pyrrole nitrogens is 1. The van der Waals surface area contributed by atoms with Gasteiger partial charge >= 0.3 is 0 Å². The van der Waals surface area contributed by atoms with Crippen LogP contribution in [0.15, 0.2) is 28.5 Å². The van der Waals surface area contributed by atoms with E-state index < -0.39 is 0 Å². The molecule has 0 aromatic carbocycles. The van der Waals surface area contributed by atoms with Crippen molar-refractivity contribution in [3.05, 3.63) is 34.8 Å². The molecule has 0 aliphatic rings. The third-order valence-corrected chi connectivity index (χ3v) is 1.30. The van der Waals surface area contributed by atoms with Gasteiger partial charge in [-0.15, -0.1) is 0 Å². The van der Waals surface area contributed by atoms with Crippen molar-refractivity contribution in [2.75, 3.05) is 0 Å². The quantitative estimate of drug-likeness (QED) is 0.632. The first-order valence-corrected chi connectivity index (χ1v) is 3.10. The standard InChI is InChI=1S/C8H8N2O/c1-3-6-7(9-2)4-5-8(11)10-6/h3-5H,1-2H2,(H,10,11). The average molecular weight is 148 g/mol. The minimum Gasteiger partial charge on any atom is -0.321 e. The highest BCUT2D eigenvalue weighted by Gasteiger charge is 1.94. The second kappa shape index (κ2) is 2.96. The Hall–Kier alpha value is -1.64. The Morgan fingerprint density at radius 3 is 2.82 bits per heavy atom. The third kappa shape index (κ3) is 1.43. The lowest BCUT2D eigenvalue weighted by Gasteiger charge is -1.96. The predicted octanol–water partition coefficient (Wildman–Crippen LogP) is 1.35. The normalized spacial score (nSPS) is 9.09. The fourth-order valence-corrected chi connectivity index (χ4v) is 0.776. The van der Waals surface area contributed by atoms with E-state index in [1.54, 1.807) is 6.07 Å². The first-order valence-electron chi connectivity index (χ1n) is 3.10. The summed E-state index contributed by atoms with van der Waals surface area (Å²) in [4.78, 5) is 17.0. The minimum absolute atomic E-state index is 0.160. The van der Waals surface area contributed by atoms with Gasteiger partial charge in [0, 0.05) is 6.07 Å². The number of pyridine rings is 1. The Morgan fingerprint density at radius 1 is 1.55 bits per heavy atom. The van der Waals surface area contributed by atoms with Crippen molar-refractivity contribution in [3.63, 3.8) is 0 Å². The molecule has 0 atom stereocenters.